The number of aliphatic carboxylic acids is 1. The van der Waals surface area contributed by atoms with Gasteiger partial charge in [0, 0.05) is 30.9 Å². The Kier molecular flexibility index (Phi) is 7.12. The zero-order valence-corrected chi connectivity index (χ0v) is 17.8. The van der Waals surface area contributed by atoms with E-state index in [0.717, 1.165) is 22.6 Å². The van der Waals surface area contributed by atoms with Crippen molar-refractivity contribution in [2.45, 2.75) is 31.7 Å². The summed E-state index contributed by atoms with van der Waals surface area (Å²) in [5, 5.41) is 15.0. The SMILES string of the molecule is COc1ccc([C@@H]2CC(c3cc(OC)cc(OC)c3)=NN2C(=O)CCCC(=O)O)cc1. The van der Waals surface area contributed by atoms with E-state index in [9.17, 15) is 9.59 Å². The highest BCUT2D eigenvalue weighted by Gasteiger charge is 2.33. The Morgan fingerprint density at radius 2 is 1.58 bits per heavy atom. The van der Waals surface area contributed by atoms with Gasteiger partial charge in [-0.15, -0.1) is 0 Å². The summed E-state index contributed by atoms with van der Waals surface area (Å²) in [6, 6.07) is 12.7. The fraction of sp³-hybridized carbons (Fsp3) is 0.348. The Bertz CT molecular complexity index is 948. The number of carboxylic acid groups (broad SMARTS) is 1. The third-order valence-electron chi connectivity index (χ3n) is 5.13. The number of hydrogen-bond acceptors (Lipinski definition) is 6. The van der Waals surface area contributed by atoms with Gasteiger partial charge in [0.05, 0.1) is 33.1 Å². The first-order valence-electron chi connectivity index (χ1n) is 9.94. The van der Waals surface area contributed by atoms with Crippen molar-refractivity contribution in [3.8, 4) is 17.2 Å². The zero-order valence-electron chi connectivity index (χ0n) is 17.8. The molecule has 0 aliphatic carbocycles. The van der Waals surface area contributed by atoms with Gasteiger partial charge in [-0.05, 0) is 36.2 Å². The molecule has 3 rings (SSSR count). The summed E-state index contributed by atoms with van der Waals surface area (Å²) in [6.45, 7) is 0. The molecule has 164 valence electrons. The van der Waals surface area contributed by atoms with Gasteiger partial charge in [-0.3, -0.25) is 9.59 Å². The van der Waals surface area contributed by atoms with E-state index < -0.39 is 5.97 Å². The summed E-state index contributed by atoms with van der Waals surface area (Å²) in [5.41, 5.74) is 2.45. The van der Waals surface area contributed by atoms with Gasteiger partial charge < -0.3 is 19.3 Å². The Hall–Kier alpha value is -3.55. The lowest BCUT2D eigenvalue weighted by Gasteiger charge is -2.22. The van der Waals surface area contributed by atoms with Crippen LogP contribution in [0.1, 0.15) is 42.9 Å². The molecule has 0 unspecified atom stereocenters. The monoisotopic (exact) mass is 426 g/mol. The number of carbonyl (C=O) groups excluding carboxylic acids is 1. The highest BCUT2D eigenvalue weighted by Crippen LogP contribution is 2.35. The first-order chi connectivity index (χ1) is 14.9. The van der Waals surface area contributed by atoms with Crippen LogP contribution in [0.5, 0.6) is 17.2 Å². The molecule has 1 aliphatic rings. The molecule has 0 spiro atoms. The number of amides is 1. The molecule has 1 aliphatic heterocycles. The van der Waals surface area contributed by atoms with E-state index >= 15 is 0 Å². The minimum absolute atomic E-state index is 0.0591. The van der Waals surface area contributed by atoms with Crippen molar-refractivity contribution < 1.29 is 28.9 Å². The largest absolute Gasteiger partial charge is 0.497 e. The highest BCUT2D eigenvalue weighted by molar-refractivity contribution is 6.03. The molecular weight excluding hydrogens is 400 g/mol. The van der Waals surface area contributed by atoms with E-state index in [4.69, 9.17) is 19.3 Å². The van der Waals surface area contributed by atoms with Crippen molar-refractivity contribution in [1.82, 2.24) is 5.01 Å². The van der Waals surface area contributed by atoms with Gasteiger partial charge in [-0.1, -0.05) is 12.1 Å². The zero-order chi connectivity index (χ0) is 22.4. The minimum Gasteiger partial charge on any atom is -0.497 e. The smallest absolute Gasteiger partial charge is 0.303 e. The van der Waals surface area contributed by atoms with Crippen LogP contribution in [0.25, 0.3) is 0 Å². The molecule has 1 N–H and O–H groups in total. The lowest BCUT2D eigenvalue weighted by molar-refractivity contribution is -0.137. The van der Waals surface area contributed by atoms with E-state index in [1.54, 1.807) is 27.4 Å². The molecule has 1 amide bonds. The van der Waals surface area contributed by atoms with Crippen LogP contribution in [-0.4, -0.2) is 49.0 Å². The molecule has 0 fully saturated rings. The van der Waals surface area contributed by atoms with Crippen molar-refractivity contribution in [3.63, 3.8) is 0 Å². The Balaban J connectivity index is 1.92. The number of carboxylic acids is 1. The Morgan fingerprint density at radius 3 is 2.13 bits per heavy atom. The summed E-state index contributed by atoms with van der Waals surface area (Å²) >= 11 is 0. The number of hydrazone groups is 1. The molecule has 0 radical (unpaired) electrons. The summed E-state index contributed by atoms with van der Waals surface area (Å²) in [4.78, 5) is 23.7. The predicted molar refractivity (Wildman–Crippen MR) is 115 cm³/mol. The van der Waals surface area contributed by atoms with E-state index in [1.807, 2.05) is 36.4 Å². The number of ether oxygens (including phenoxy) is 3. The molecular formula is C23H26N2O6. The van der Waals surface area contributed by atoms with Crippen LogP contribution in [0.2, 0.25) is 0 Å². The van der Waals surface area contributed by atoms with Gasteiger partial charge in [-0.2, -0.15) is 5.10 Å². The average molecular weight is 426 g/mol. The number of nitrogens with zero attached hydrogens (tertiary/aromatic N) is 2. The minimum atomic E-state index is -0.923. The van der Waals surface area contributed by atoms with Crippen molar-refractivity contribution in [3.05, 3.63) is 53.6 Å². The molecule has 0 aromatic heterocycles. The molecule has 1 heterocycles. The van der Waals surface area contributed by atoms with Gasteiger partial charge in [0.1, 0.15) is 17.2 Å². The third kappa shape index (κ3) is 5.33. The van der Waals surface area contributed by atoms with Crippen LogP contribution in [0.3, 0.4) is 0 Å². The summed E-state index contributed by atoms with van der Waals surface area (Å²) in [5.74, 6) is 0.842. The quantitative estimate of drug-likeness (QED) is 0.657. The van der Waals surface area contributed by atoms with Crippen LogP contribution in [0.15, 0.2) is 47.6 Å². The number of rotatable bonds is 9. The van der Waals surface area contributed by atoms with Crippen LogP contribution in [0, 0.1) is 0 Å². The van der Waals surface area contributed by atoms with Crippen molar-refractivity contribution in [2.75, 3.05) is 21.3 Å². The molecule has 0 bridgehead atoms. The first-order valence-corrected chi connectivity index (χ1v) is 9.94. The maximum atomic E-state index is 12.9. The molecule has 0 saturated heterocycles. The van der Waals surface area contributed by atoms with Crippen molar-refractivity contribution >= 4 is 17.6 Å². The topological polar surface area (TPSA) is 97.7 Å². The van der Waals surface area contributed by atoms with Crippen molar-refractivity contribution in [1.29, 1.82) is 0 Å². The van der Waals surface area contributed by atoms with Gasteiger partial charge in [0.25, 0.3) is 0 Å². The fourth-order valence-corrected chi connectivity index (χ4v) is 3.48. The molecule has 31 heavy (non-hydrogen) atoms. The predicted octanol–water partition coefficient (Wildman–Crippen LogP) is 3.65. The second-order valence-corrected chi connectivity index (χ2v) is 7.13. The van der Waals surface area contributed by atoms with Crippen molar-refractivity contribution in [2.24, 2.45) is 5.10 Å². The molecule has 2 aromatic carbocycles. The molecule has 0 saturated carbocycles. The van der Waals surface area contributed by atoms with Crippen LogP contribution < -0.4 is 14.2 Å². The number of carbonyl (C=O) groups is 2. The van der Waals surface area contributed by atoms with Gasteiger partial charge in [-0.25, -0.2) is 5.01 Å². The second kappa shape index (κ2) is 9.97. The summed E-state index contributed by atoms with van der Waals surface area (Å²) < 4.78 is 15.9. The van der Waals surface area contributed by atoms with Crippen LogP contribution in [-0.2, 0) is 9.59 Å². The average Bonchev–Trinajstić information content (AvgIpc) is 3.24. The van der Waals surface area contributed by atoms with E-state index in [0.29, 0.717) is 17.9 Å². The van der Waals surface area contributed by atoms with Crippen LogP contribution in [0.4, 0.5) is 0 Å². The van der Waals surface area contributed by atoms with Gasteiger partial charge >= 0.3 is 5.97 Å². The molecule has 8 nitrogen and oxygen atoms in total. The second-order valence-electron chi connectivity index (χ2n) is 7.13. The number of hydrogen-bond donors (Lipinski definition) is 1. The third-order valence-corrected chi connectivity index (χ3v) is 5.13. The highest BCUT2D eigenvalue weighted by atomic mass is 16.5. The van der Waals surface area contributed by atoms with Crippen LogP contribution >= 0.6 is 0 Å². The van der Waals surface area contributed by atoms with E-state index in [2.05, 4.69) is 5.10 Å². The Morgan fingerprint density at radius 1 is 0.968 bits per heavy atom. The maximum absolute atomic E-state index is 12.9. The Labute approximate surface area is 181 Å². The normalized spacial score (nSPS) is 15.4. The fourth-order valence-electron chi connectivity index (χ4n) is 3.48. The lowest BCUT2D eigenvalue weighted by atomic mass is 9.98. The van der Waals surface area contributed by atoms with Gasteiger partial charge in [0.15, 0.2) is 0 Å². The summed E-state index contributed by atoms with van der Waals surface area (Å²) in [7, 11) is 4.75. The molecule has 2 aromatic rings. The van der Waals surface area contributed by atoms with Gasteiger partial charge in [0.2, 0.25) is 5.91 Å². The molecule has 1 atom stereocenters. The lowest BCUT2D eigenvalue weighted by Crippen LogP contribution is -2.27. The first kappa shape index (κ1) is 22.1. The maximum Gasteiger partial charge on any atom is 0.303 e. The van der Waals surface area contributed by atoms with E-state index in [1.165, 1.54) is 5.01 Å². The molecule has 8 heteroatoms. The number of methoxy groups -OCH3 is 3. The standard InChI is InChI=1S/C23H26N2O6/c1-29-17-9-7-15(8-10-17)21-14-20(16-11-18(30-2)13-19(12-16)31-3)24-25(21)22(26)5-4-6-23(27)28/h7-13,21H,4-6,14H2,1-3H3,(H,27,28)/t21-/m0/s1. The number of benzene rings is 2. The summed E-state index contributed by atoms with van der Waals surface area (Å²) in [6.07, 6.45) is 0.818. The van der Waals surface area contributed by atoms with E-state index in [-0.39, 0.29) is 31.2 Å².